The molecule has 0 unspecified atom stereocenters. The van der Waals surface area contributed by atoms with Crippen LogP contribution in [0.2, 0.25) is 0 Å². The zero-order valence-corrected chi connectivity index (χ0v) is 13.4. The molecule has 0 spiro atoms. The van der Waals surface area contributed by atoms with Crippen LogP contribution in [0.3, 0.4) is 0 Å². The molecule has 2 aromatic carbocycles. The van der Waals surface area contributed by atoms with Crippen molar-refractivity contribution in [1.82, 2.24) is 4.90 Å². The number of anilines is 1. The van der Waals surface area contributed by atoms with Gasteiger partial charge < -0.3 is 10.2 Å². The minimum atomic E-state index is -0.0138. The second-order valence-corrected chi connectivity index (χ2v) is 5.81. The Bertz CT molecular complexity index is 777. The normalized spacial score (nSPS) is 17.0. The maximum Gasteiger partial charge on any atom is 0.246 e. The van der Waals surface area contributed by atoms with Crippen LogP contribution in [0.25, 0.3) is 6.08 Å². The van der Waals surface area contributed by atoms with E-state index in [1.807, 2.05) is 53.4 Å². The maximum atomic E-state index is 12.3. The molecular formula is C20H19N3O. The van der Waals surface area contributed by atoms with E-state index in [4.69, 9.17) is 5.26 Å². The lowest BCUT2D eigenvalue weighted by molar-refractivity contribution is -0.124. The zero-order chi connectivity index (χ0) is 16.8. The van der Waals surface area contributed by atoms with Crippen LogP contribution >= 0.6 is 0 Å². The fourth-order valence-corrected chi connectivity index (χ4v) is 2.86. The first-order chi connectivity index (χ1) is 11.8. The first-order valence-corrected chi connectivity index (χ1v) is 8.04. The first kappa shape index (κ1) is 15.8. The van der Waals surface area contributed by atoms with Gasteiger partial charge in [-0.2, -0.15) is 5.26 Å². The molecule has 3 rings (SSSR count). The van der Waals surface area contributed by atoms with E-state index < -0.39 is 0 Å². The summed E-state index contributed by atoms with van der Waals surface area (Å²) < 4.78 is 0. The Morgan fingerprint density at radius 3 is 2.71 bits per heavy atom. The largest absolute Gasteiger partial charge is 0.380 e. The number of para-hydroxylation sites is 1. The Morgan fingerprint density at radius 2 is 1.92 bits per heavy atom. The van der Waals surface area contributed by atoms with Crippen LogP contribution in [0.1, 0.15) is 17.5 Å². The number of nitrogens with zero attached hydrogens (tertiary/aromatic N) is 2. The summed E-state index contributed by atoms with van der Waals surface area (Å²) in [5.41, 5.74) is 2.42. The Kier molecular flexibility index (Phi) is 4.93. The van der Waals surface area contributed by atoms with Gasteiger partial charge in [0.05, 0.1) is 11.6 Å². The minimum absolute atomic E-state index is 0.0138. The average molecular weight is 317 g/mol. The zero-order valence-electron chi connectivity index (χ0n) is 13.4. The number of benzene rings is 2. The van der Waals surface area contributed by atoms with Crippen molar-refractivity contribution in [3.05, 3.63) is 71.8 Å². The topological polar surface area (TPSA) is 56.1 Å². The van der Waals surface area contributed by atoms with Gasteiger partial charge in [-0.15, -0.1) is 0 Å². The smallest absolute Gasteiger partial charge is 0.246 e. The summed E-state index contributed by atoms with van der Waals surface area (Å²) in [6, 6.07) is 19.7. The Hall–Kier alpha value is -3.06. The Labute approximate surface area is 142 Å². The lowest BCUT2D eigenvalue weighted by Gasteiger charge is -2.16. The molecule has 24 heavy (non-hydrogen) atoms. The van der Waals surface area contributed by atoms with E-state index in [2.05, 4.69) is 11.4 Å². The van der Waals surface area contributed by atoms with Crippen molar-refractivity contribution in [1.29, 1.82) is 5.26 Å². The van der Waals surface area contributed by atoms with Gasteiger partial charge in [0.15, 0.2) is 0 Å². The summed E-state index contributed by atoms with van der Waals surface area (Å²) in [5.74, 6) is -0.0138. The molecule has 120 valence electrons. The molecule has 0 aromatic heterocycles. The van der Waals surface area contributed by atoms with Gasteiger partial charge >= 0.3 is 0 Å². The van der Waals surface area contributed by atoms with Crippen LogP contribution in [0.15, 0.2) is 60.7 Å². The first-order valence-electron chi connectivity index (χ1n) is 8.04. The van der Waals surface area contributed by atoms with Gasteiger partial charge in [-0.25, -0.2) is 0 Å². The molecular weight excluding hydrogens is 298 g/mol. The summed E-state index contributed by atoms with van der Waals surface area (Å²) in [4.78, 5) is 14.2. The summed E-state index contributed by atoms with van der Waals surface area (Å²) >= 11 is 0. The van der Waals surface area contributed by atoms with Crippen molar-refractivity contribution in [2.75, 3.05) is 18.4 Å². The molecule has 0 aliphatic carbocycles. The number of rotatable bonds is 4. The summed E-state index contributed by atoms with van der Waals surface area (Å²) in [7, 11) is 0. The number of hydrogen-bond donors (Lipinski definition) is 1. The van der Waals surface area contributed by atoms with Gasteiger partial charge in [-0.1, -0.05) is 36.4 Å². The molecule has 0 saturated carbocycles. The SMILES string of the molecule is N#Cc1ccccc1/C=C/C(=O)N1CC[C@@H](Nc2ccccc2)C1. The predicted octanol–water partition coefficient (Wildman–Crippen LogP) is 3.28. The fraction of sp³-hybridized carbons (Fsp3) is 0.200. The molecule has 1 fully saturated rings. The third-order valence-corrected chi connectivity index (χ3v) is 4.13. The third-order valence-electron chi connectivity index (χ3n) is 4.13. The van der Waals surface area contributed by atoms with Crippen molar-refractivity contribution in [3.8, 4) is 6.07 Å². The standard InChI is InChI=1S/C20H19N3O/c21-14-17-7-5-4-6-16(17)10-11-20(24)23-13-12-19(15-23)22-18-8-2-1-3-9-18/h1-11,19,22H,12-13,15H2/b11-10+/t19-/m1/s1. The predicted molar refractivity (Wildman–Crippen MR) is 95.2 cm³/mol. The van der Waals surface area contributed by atoms with Crippen molar-refractivity contribution in [2.24, 2.45) is 0 Å². The monoisotopic (exact) mass is 317 g/mol. The van der Waals surface area contributed by atoms with Crippen LogP contribution in [-0.2, 0) is 4.79 Å². The molecule has 1 saturated heterocycles. The van der Waals surface area contributed by atoms with Gasteiger partial charge in [0.1, 0.15) is 0 Å². The lowest BCUT2D eigenvalue weighted by atomic mass is 10.1. The highest BCUT2D eigenvalue weighted by molar-refractivity contribution is 5.92. The lowest BCUT2D eigenvalue weighted by Crippen LogP contribution is -2.30. The molecule has 1 aliphatic heterocycles. The van der Waals surface area contributed by atoms with Gasteiger partial charge in [0.25, 0.3) is 0 Å². The van der Waals surface area contributed by atoms with Crippen molar-refractivity contribution in [2.45, 2.75) is 12.5 Å². The highest BCUT2D eigenvalue weighted by Gasteiger charge is 2.24. The van der Waals surface area contributed by atoms with Gasteiger partial charge in [-0.3, -0.25) is 4.79 Å². The van der Waals surface area contributed by atoms with E-state index in [9.17, 15) is 4.79 Å². The van der Waals surface area contributed by atoms with Crippen LogP contribution in [0, 0.1) is 11.3 Å². The molecule has 0 radical (unpaired) electrons. The number of hydrogen-bond acceptors (Lipinski definition) is 3. The minimum Gasteiger partial charge on any atom is -0.380 e. The van der Waals surface area contributed by atoms with E-state index >= 15 is 0 Å². The van der Waals surface area contributed by atoms with Crippen LogP contribution in [-0.4, -0.2) is 29.9 Å². The van der Waals surface area contributed by atoms with E-state index in [1.165, 1.54) is 0 Å². The van der Waals surface area contributed by atoms with Crippen LogP contribution in [0.4, 0.5) is 5.69 Å². The van der Waals surface area contributed by atoms with Crippen molar-refractivity contribution >= 4 is 17.7 Å². The quantitative estimate of drug-likeness (QED) is 0.880. The average Bonchev–Trinajstić information content (AvgIpc) is 3.09. The number of carbonyl (C=O) groups excluding carboxylic acids is 1. The molecule has 1 amide bonds. The highest BCUT2D eigenvalue weighted by atomic mass is 16.2. The summed E-state index contributed by atoms with van der Waals surface area (Å²) in [6.07, 6.45) is 4.21. The fourth-order valence-electron chi connectivity index (χ4n) is 2.86. The second kappa shape index (κ2) is 7.47. The number of likely N-dealkylation sites (tertiary alicyclic amines) is 1. The molecule has 1 N–H and O–H groups in total. The summed E-state index contributed by atoms with van der Waals surface area (Å²) in [5, 5.41) is 12.5. The number of nitriles is 1. The van der Waals surface area contributed by atoms with Crippen molar-refractivity contribution in [3.63, 3.8) is 0 Å². The molecule has 1 heterocycles. The van der Waals surface area contributed by atoms with E-state index in [0.29, 0.717) is 12.1 Å². The van der Waals surface area contributed by atoms with E-state index in [0.717, 1.165) is 24.2 Å². The highest BCUT2D eigenvalue weighted by Crippen LogP contribution is 2.16. The molecule has 1 aliphatic rings. The Morgan fingerprint density at radius 1 is 1.17 bits per heavy atom. The van der Waals surface area contributed by atoms with E-state index in [-0.39, 0.29) is 11.9 Å². The second-order valence-electron chi connectivity index (χ2n) is 5.81. The molecule has 4 nitrogen and oxygen atoms in total. The molecule has 0 bridgehead atoms. The summed E-state index contributed by atoms with van der Waals surface area (Å²) in [6.45, 7) is 1.44. The van der Waals surface area contributed by atoms with Crippen LogP contribution in [0.5, 0.6) is 0 Å². The van der Waals surface area contributed by atoms with Crippen molar-refractivity contribution < 1.29 is 4.79 Å². The number of carbonyl (C=O) groups is 1. The maximum absolute atomic E-state index is 12.3. The molecule has 4 heteroatoms. The van der Waals surface area contributed by atoms with Gasteiger partial charge in [0.2, 0.25) is 5.91 Å². The Balaban J connectivity index is 1.59. The third kappa shape index (κ3) is 3.82. The number of amides is 1. The molecule has 2 aromatic rings. The van der Waals surface area contributed by atoms with Crippen LogP contribution < -0.4 is 5.32 Å². The number of nitrogens with one attached hydrogen (secondary N) is 1. The molecule has 1 atom stereocenters. The van der Waals surface area contributed by atoms with Gasteiger partial charge in [-0.05, 0) is 36.3 Å². The van der Waals surface area contributed by atoms with E-state index in [1.54, 1.807) is 18.2 Å². The van der Waals surface area contributed by atoms with Gasteiger partial charge in [0, 0.05) is 30.9 Å².